The zero-order valence-electron chi connectivity index (χ0n) is 9.30. The van der Waals surface area contributed by atoms with E-state index < -0.39 is 43.0 Å². The van der Waals surface area contributed by atoms with Crippen LogP contribution in [0.3, 0.4) is 0 Å². The van der Waals surface area contributed by atoms with Gasteiger partial charge in [0.2, 0.25) is 0 Å². The van der Waals surface area contributed by atoms with Gasteiger partial charge in [-0.2, -0.15) is 0 Å². The van der Waals surface area contributed by atoms with Crippen LogP contribution in [0.2, 0.25) is 0 Å². The number of esters is 1. The van der Waals surface area contributed by atoms with Crippen molar-refractivity contribution in [3.63, 3.8) is 0 Å². The van der Waals surface area contributed by atoms with Gasteiger partial charge in [-0.25, -0.2) is 9.59 Å². The van der Waals surface area contributed by atoms with Gasteiger partial charge >= 0.3 is 11.9 Å². The number of hydrogen-bond donors (Lipinski definition) is 4. The van der Waals surface area contributed by atoms with Crippen LogP contribution in [0, 0.1) is 0 Å². The van der Waals surface area contributed by atoms with Gasteiger partial charge in [-0.1, -0.05) is 0 Å². The van der Waals surface area contributed by atoms with E-state index in [2.05, 4.69) is 0 Å². The topological polar surface area (TPSA) is 134 Å². The van der Waals surface area contributed by atoms with Gasteiger partial charge in [-0.15, -0.1) is 0 Å². The summed E-state index contributed by atoms with van der Waals surface area (Å²) < 4.78 is 9.70. The summed E-state index contributed by atoms with van der Waals surface area (Å²) in [4.78, 5) is 21.3. The van der Waals surface area contributed by atoms with Crippen molar-refractivity contribution in [2.45, 2.75) is 24.4 Å². The molecule has 1 rings (SSSR count). The quantitative estimate of drug-likeness (QED) is 0.320. The van der Waals surface area contributed by atoms with Gasteiger partial charge in [0.05, 0.1) is 13.2 Å². The summed E-state index contributed by atoms with van der Waals surface area (Å²) in [6.07, 6.45) is -3.37. The fourth-order valence-electron chi connectivity index (χ4n) is 1.49. The van der Waals surface area contributed by atoms with Crippen LogP contribution in [0.4, 0.5) is 0 Å². The fourth-order valence-corrected chi connectivity index (χ4v) is 1.49. The standard InChI is InChI=1S/C10H14O8/c11-3-6(10-9(16)5(12)4-17-10)18-8(15)2-1-7(13)14/h1-2,5-6,9-12,16H,3-4H2,(H,13,14)/t5-,6+,9+,10+/m0/s1. The first-order valence-corrected chi connectivity index (χ1v) is 5.16. The molecule has 0 aromatic heterocycles. The summed E-state index contributed by atoms with van der Waals surface area (Å²) >= 11 is 0. The number of rotatable bonds is 5. The molecule has 0 aromatic rings. The molecule has 102 valence electrons. The van der Waals surface area contributed by atoms with E-state index in [-0.39, 0.29) is 6.61 Å². The maximum Gasteiger partial charge on any atom is 0.331 e. The zero-order chi connectivity index (χ0) is 13.7. The van der Waals surface area contributed by atoms with Crippen LogP contribution < -0.4 is 0 Å². The maximum atomic E-state index is 11.2. The molecule has 0 bridgehead atoms. The van der Waals surface area contributed by atoms with Crippen LogP contribution in [-0.2, 0) is 19.1 Å². The number of carbonyl (C=O) groups is 2. The molecular formula is C10H14O8. The molecule has 0 unspecified atom stereocenters. The number of aliphatic hydroxyl groups excluding tert-OH is 3. The smallest absolute Gasteiger partial charge is 0.331 e. The van der Waals surface area contributed by atoms with Gasteiger partial charge in [-0.3, -0.25) is 0 Å². The molecule has 0 aliphatic carbocycles. The number of aliphatic carboxylic acids is 1. The number of hydrogen-bond acceptors (Lipinski definition) is 7. The summed E-state index contributed by atoms with van der Waals surface area (Å²) in [5.41, 5.74) is 0. The molecule has 0 radical (unpaired) electrons. The molecule has 4 N–H and O–H groups in total. The first kappa shape index (κ1) is 14.6. The van der Waals surface area contributed by atoms with Gasteiger partial charge in [-0.05, 0) is 0 Å². The summed E-state index contributed by atoms with van der Waals surface area (Å²) in [5.74, 6) is -2.31. The largest absolute Gasteiger partial charge is 0.478 e. The predicted molar refractivity (Wildman–Crippen MR) is 55.5 cm³/mol. The first-order valence-electron chi connectivity index (χ1n) is 5.16. The number of carbonyl (C=O) groups excluding carboxylic acids is 1. The molecule has 1 aliphatic rings. The summed E-state index contributed by atoms with van der Waals surface area (Å²) in [5, 5.41) is 36.1. The molecule has 8 nitrogen and oxygen atoms in total. The van der Waals surface area contributed by atoms with Crippen LogP contribution in [0.5, 0.6) is 0 Å². The van der Waals surface area contributed by atoms with Gasteiger partial charge in [0.25, 0.3) is 0 Å². The summed E-state index contributed by atoms with van der Waals surface area (Å²) in [6, 6.07) is 0. The van der Waals surface area contributed by atoms with E-state index in [9.17, 15) is 19.8 Å². The van der Waals surface area contributed by atoms with Crippen LogP contribution >= 0.6 is 0 Å². The van der Waals surface area contributed by atoms with E-state index in [0.717, 1.165) is 0 Å². The van der Waals surface area contributed by atoms with Crippen LogP contribution in [0.25, 0.3) is 0 Å². The lowest BCUT2D eigenvalue weighted by atomic mass is 10.1. The Balaban J connectivity index is 2.57. The van der Waals surface area contributed by atoms with E-state index in [1.54, 1.807) is 0 Å². The fraction of sp³-hybridized carbons (Fsp3) is 0.600. The zero-order valence-corrected chi connectivity index (χ0v) is 9.30. The number of aliphatic hydroxyl groups is 3. The van der Waals surface area contributed by atoms with E-state index in [4.69, 9.17) is 19.7 Å². The van der Waals surface area contributed by atoms with Gasteiger partial charge in [0.1, 0.15) is 18.3 Å². The van der Waals surface area contributed by atoms with Crippen molar-refractivity contribution in [3.8, 4) is 0 Å². The van der Waals surface area contributed by atoms with E-state index in [1.165, 1.54) is 0 Å². The second-order valence-electron chi connectivity index (χ2n) is 3.69. The Morgan fingerprint density at radius 2 is 2.06 bits per heavy atom. The molecule has 0 amide bonds. The van der Waals surface area contributed by atoms with Gasteiger partial charge in [0.15, 0.2) is 6.10 Å². The van der Waals surface area contributed by atoms with Gasteiger partial charge < -0.3 is 29.9 Å². The molecule has 0 aromatic carbocycles. The monoisotopic (exact) mass is 262 g/mol. The van der Waals surface area contributed by atoms with E-state index in [0.29, 0.717) is 12.2 Å². The van der Waals surface area contributed by atoms with Crippen molar-refractivity contribution in [1.29, 1.82) is 0 Å². The Hall–Kier alpha value is -1.48. The minimum Gasteiger partial charge on any atom is -0.478 e. The highest BCUT2D eigenvalue weighted by atomic mass is 16.6. The highest BCUT2D eigenvalue weighted by molar-refractivity contribution is 5.90. The number of carboxylic acids is 1. The third-order valence-corrected chi connectivity index (χ3v) is 2.37. The average molecular weight is 262 g/mol. The van der Waals surface area contributed by atoms with Crippen molar-refractivity contribution in [2.24, 2.45) is 0 Å². The highest BCUT2D eigenvalue weighted by Crippen LogP contribution is 2.19. The Bertz CT molecular complexity index is 339. The third kappa shape index (κ3) is 3.77. The SMILES string of the molecule is O=C(O)C=CC(=O)O[C@H](CO)[C@H]1OC[C@H](O)[C@H]1O. The molecule has 8 heteroatoms. The maximum absolute atomic E-state index is 11.2. The van der Waals surface area contributed by atoms with Gasteiger partial charge in [0, 0.05) is 12.2 Å². The predicted octanol–water partition coefficient (Wildman–Crippen LogP) is -2.35. The Kier molecular flexibility index (Phi) is 5.23. The lowest BCUT2D eigenvalue weighted by Crippen LogP contribution is -2.42. The molecule has 4 atom stereocenters. The summed E-state index contributed by atoms with van der Waals surface area (Å²) in [7, 11) is 0. The Morgan fingerprint density at radius 1 is 1.39 bits per heavy atom. The van der Waals surface area contributed by atoms with Crippen molar-refractivity contribution in [3.05, 3.63) is 12.2 Å². The first-order chi connectivity index (χ1) is 8.45. The number of carboxylic acid groups (broad SMARTS) is 1. The second-order valence-corrected chi connectivity index (χ2v) is 3.69. The molecule has 1 aliphatic heterocycles. The Labute approximate surface area is 102 Å². The van der Waals surface area contributed by atoms with Crippen molar-refractivity contribution in [1.82, 2.24) is 0 Å². The highest BCUT2D eigenvalue weighted by Gasteiger charge is 2.41. The van der Waals surface area contributed by atoms with Crippen molar-refractivity contribution < 1.29 is 39.5 Å². The normalized spacial score (nSPS) is 29.4. The van der Waals surface area contributed by atoms with Crippen molar-refractivity contribution >= 4 is 11.9 Å². The average Bonchev–Trinajstić information content (AvgIpc) is 2.65. The summed E-state index contributed by atoms with van der Waals surface area (Å²) in [6.45, 7) is -0.758. The van der Waals surface area contributed by atoms with E-state index >= 15 is 0 Å². The second kappa shape index (κ2) is 6.45. The Morgan fingerprint density at radius 3 is 2.50 bits per heavy atom. The van der Waals surface area contributed by atoms with E-state index in [1.807, 2.05) is 0 Å². The molecule has 0 spiro atoms. The third-order valence-electron chi connectivity index (χ3n) is 2.37. The van der Waals surface area contributed by atoms with Crippen LogP contribution in [0.1, 0.15) is 0 Å². The molecule has 1 heterocycles. The molecule has 1 saturated heterocycles. The van der Waals surface area contributed by atoms with Crippen LogP contribution in [0.15, 0.2) is 12.2 Å². The number of ether oxygens (including phenoxy) is 2. The van der Waals surface area contributed by atoms with Crippen molar-refractivity contribution in [2.75, 3.05) is 13.2 Å². The molecule has 0 saturated carbocycles. The minimum atomic E-state index is -1.32. The lowest BCUT2D eigenvalue weighted by molar-refractivity contribution is -0.157. The molecule has 1 fully saturated rings. The van der Waals surface area contributed by atoms with Crippen LogP contribution in [-0.4, -0.2) is 70.0 Å². The molecular weight excluding hydrogens is 248 g/mol. The minimum absolute atomic E-state index is 0.134. The molecule has 18 heavy (non-hydrogen) atoms. The lowest BCUT2D eigenvalue weighted by Gasteiger charge is -2.23.